The summed E-state index contributed by atoms with van der Waals surface area (Å²) < 4.78 is 0. The third kappa shape index (κ3) is 1.59. The van der Waals surface area contributed by atoms with Crippen LogP contribution in [0.15, 0.2) is 36.4 Å². The molecule has 2 rings (SSSR count). The second-order valence-electron chi connectivity index (χ2n) is 3.37. The average molecular weight is 212 g/mol. The van der Waals surface area contributed by atoms with E-state index in [1.807, 2.05) is 18.2 Å². The number of benzene rings is 2. The van der Waals surface area contributed by atoms with Gasteiger partial charge in [-0.25, -0.2) is 6.57 Å². The van der Waals surface area contributed by atoms with Crippen molar-refractivity contribution in [1.29, 1.82) is 0 Å². The SMILES string of the molecule is [C-]#[N+]Cc1ccc2ccccc2c1[N+](=O)[O-]. The van der Waals surface area contributed by atoms with Crippen LogP contribution in [0.1, 0.15) is 5.56 Å². The van der Waals surface area contributed by atoms with E-state index in [1.54, 1.807) is 18.2 Å². The Kier molecular flexibility index (Phi) is 2.52. The van der Waals surface area contributed by atoms with Gasteiger partial charge in [0.2, 0.25) is 6.54 Å². The Hall–Kier alpha value is -2.41. The lowest BCUT2D eigenvalue weighted by Crippen LogP contribution is -1.95. The number of fused-ring (bicyclic) bond motifs is 1. The Labute approximate surface area is 92.1 Å². The Morgan fingerprint density at radius 2 is 2.00 bits per heavy atom. The standard InChI is InChI=1S/C12H8N2O2/c1-13-8-10-7-6-9-4-2-3-5-11(9)12(10)14(15)16/h2-7H,8H2. The van der Waals surface area contributed by atoms with Crippen LogP contribution in [0.5, 0.6) is 0 Å². The molecule has 78 valence electrons. The van der Waals surface area contributed by atoms with Crippen LogP contribution in [0.3, 0.4) is 0 Å². The zero-order valence-corrected chi connectivity index (χ0v) is 8.38. The topological polar surface area (TPSA) is 47.5 Å². The molecule has 0 amide bonds. The molecule has 0 atom stereocenters. The molecule has 2 aromatic carbocycles. The van der Waals surface area contributed by atoms with Gasteiger partial charge in [0.1, 0.15) is 5.56 Å². The van der Waals surface area contributed by atoms with Gasteiger partial charge < -0.3 is 4.85 Å². The molecule has 0 N–H and O–H groups in total. The molecular formula is C12H8N2O2. The molecule has 0 aliphatic heterocycles. The highest BCUT2D eigenvalue weighted by atomic mass is 16.6. The zero-order chi connectivity index (χ0) is 11.5. The first kappa shape index (κ1) is 10.1. The molecule has 16 heavy (non-hydrogen) atoms. The molecule has 0 aliphatic carbocycles. The van der Waals surface area contributed by atoms with E-state index < -0.39 is 4.92 Å². The van der Waals surface area contributed by atoms with E-state index >= 15 is 0 Å². The summed E-state index contributed by atoms with van der Waals surface area (Å²) in [5.74, 6) is 0. The smallest absolute Gasteiger partial charge is 0.287 e. The lowest BCUT2D eigenvalue weighted by molar-refractivity contribution is -0.383. The van der Waals surface area contributed by atoms with E-state index in [0.29, 0.717) is 10.9 Å². The van der Waals surface area contributed by atoms with Crippen LogP contribution < -0.4 is 0 Å². The van der Waals surface area contributed by atoms with Crippen LogP contribution in [0.2, 0.25) is 0 Å². The molecular weight excluding hydrogens is 204 g/mol. The molecule has 0 bridgehead atoms. The highest BCUT2D eigenvalue weighted by Crippen LogP contribution is 2.29. The number of nitrogens with zero attached hydrogens (tertiary/aromatic N) is 2. The first-order valence-electron chi connectivity index (χ1n) is 4.72. The summed E-state index contributed by atoms with van der Waals surface area (Å²) in [5, 5.41) is 12.4. The lowest BCUT2D eigenvalue weighted by atomic mass is 10.0. The molecule has 0 fully saturated rings. The minimum Gasteiger partial charge on any atom is -0.311 e. The molecule has 0 radical (unpaired) electrons. The number of hydrogen-bond donors (Lipinski definition) is 0. The summed E-state index contributed by atoms with van der Waals surface area (Å²) in [5.41, 5.74) is 0.521. The molecule has 0 saturated carbocycles. The quantitative estimate of drug-likeness (QED) is 0.436. The van der Waals surface area contributed by atoms with E-state index in [2.05, 4.69) is 4.85 Å². The van der Waals surface area contributed by atoms with E-state index in [4.69, 9.17) is 6.57 Å². The molecule has 2 aromatic rings. The first-order valence-corrected chi connectivity index (χ1v) is 4.72. The minimum atomic E-state index is -0.414. The van der Waals surface area contributed by atoms with Gasteiger partial charge >= 0.3 is 0 Å². The van der Waals surface area contributed by atoms with Crippen molar-refractivity contribution in [2.24, 2.45) is 0 Å². The van der Waals surface area contributed by atoms with Crippen LogP contribution >= 0.6 is 0 Å². The largest absolute Gasteiger partial charge is 0.311 e. The maximum Gasteiger partial charge on any atom is 0.287 e. The summed E-state index contributed by atoms with van der Waals surface area (Å²) in [7, 11) is 0. The van der Waals surface area contributed by atoms with Gasteiger partial charge in [-0.3, -0.25) is 10.1 Å². The van der Waals surface area contributed by atoms with Crippen LogP contribution in [0.4, 0.5) is 5.69 Å². The Morgan fingerprint density at radius 1 is 1.25 bits per heavy atom. The summed E-state index contributed by atoms with van der Waals surface area (Å²) in [4.78, 5) is 13.8. The van der Waals surface area contributed by atoms with Crippen LogP contribution in [-0.4, -0.2) is 4.92 Å². The van der Waals surface area contributed by atoms with Crippen molar-refractivity contribution in [3.8, 4) is 0 Å². The fourth-order valence-electron chi connectivity index (χ4n) is 1.73. The maximum atomic E-state index is 11.0. The predicted molar refractivity (Wildman–Crippen MR) is 60.9 cm³/mol. The van der Waals surface area contributed by atoms with E-state index in [1.165, 1.54) is 0 Å². The predicted octanol–water partition coefficient (Wildman–Crippen LogP) is 3.17. The molecule has 4 heteroatoms. The second-order valence-corrected chi connectivity index (χ2v) is 3.37. The molecule has 0 saturated heterocycles. The normalized spacial score (nSPS) is 9.94. The molecule has 0 spiro atoms. The van der Waals surface area contributed by atoms with Crippen LogP contribution in [0.25, 0.3) is 15.6 Å². The highest BCUT2D eigenvalue weighted by Gasteiger charge is 2.19. The van der Waals surface area contributed by atoms with Crippen LogP contribution in [0, 0.1) is 16.7 Å². The fraction of sp³-hybridized carbons (Fsp3) is 0.0833. The van der Waals surface area contributed by atoms with Gasteiger partial charge in [-0.1, -0.05) is 24.3 Å². The van der Waals surface area contributed by atoms with Gasteiger partial charge in [-0.2, -0.15) is 0 Å². The third-order valence-corrected chi connectivity index (χ3v) is 2.42. The number of hydrogen-bond acceptors (Lipinski definition) is 2. The Balaban J connectivity index is 2.80. The van der Waals surface area contributed by atoms with Crippen molar-refractivity contribution >= 4 is 16.5 Å². The van der Waals surface area contributed by atoms with Gasteiger partial charge in [0, 0.05) is 0 Å². The van der Waals surface area contributed by atoms with Gasteiger partial charge in [0.05, 0.1) is 10.3 Å². The van der Waals surface area contributed by atoms with Gasteiger partial charge in [-0.15, -0.1) is 0 Å². The number of nitro benzene ring substituents is 1. The Bertz CT molecular complexity index is 599. The molecule has 0 heterocycles. The summed E-state index contributed by atoms with van der Waals surface area (Å²) in [6, 6.07) is 10.6. The highest BCUT2D eigenvalue weighted by molar-refractivity contribution is 5.92. The van der Waals surface area contributed by atoms with Crippen molar-refractivity contribution < 1.29 is 4.92 Å². The van der Waals surface area contributed by atoms with Crippen molar-refractivity contribution in [2.45, 2.75) is 6.54 Å². The zero-order valence-electron chi connectivity index (χ0n) is 8.38. The molecule has 4 nitrogen and oxygen atoms in total. The van der Waals surface area contributed by atoms with Gasteiger partial charge in [-0.05, 0) is 17.5 Å². The molecule has 0 aliphatic rings. The fourth-order valence-corrected chi connectivity index (χ4v) is 1.73. The van der Waals surface area contributed by atoms with E-state index in [-0.39, 0.29) is 12.2 Å². The summed E-state index contributed by atoms with van der Waals surface area (Å²) in [6.45, 7) is 6.83. The van der Waals surface area contributed by atoms with Gasteiger partial charge in [0.25, 0.3) is 5.69 Å². The number of rotatable bonds is 2. The Morgan fingerprint density at radius 3 is 2.69 bits per heavy atom. The van der Waals surface area contributed by atoms with Crippen molar-refractivity contribution in [1.82, 2.24) is 0 Å². The van der Waals surface area contributed by atoms with Gasteiger partial charge in [0.15, 0.2) is 0 Å². The number of nitro groups is 1. The monoisotopic (exact) mass is 212 g/mol. The third-order valence-electron chi connectivity index (χ3n) is 2.42. The average Bonchev–Trinajstić information content (AvgIpc) is 2.28. The molecule has 0 aromatic heterocycles. The lowest BCUT2D eigenvalue weighted by Gasteiger charge is -2.01. The van der Waals surface area contributed by atoms with Crippen LogP contribution in [-0.2, 0) is 6.54 Å². The first-order chi connectivity index (χ1) is 7.74. The second kappa shape index (κ2) is 3.99. The van der Waals surface area contributed by atoms with Crippen molar-refractivity contribution in [3.05, 3.63) is 63.5 Å². The summed E-state index contributed by atoms with van der Waals surface area (Å²) >= 11 is 0. The summed E-state index contributed by atoms with van der Waals surface area (Å²) in [6.07, 6.45) is 0. The molecule has 0 unspecified atom stereocenters. The van der Waals surface area contributed by atoms with Crippen molar-refractivity contribution in [3.63, 3.8) is 0 Å². The van der Waals surface area contributed by atoms with E-state index in [9.17, 15) is 10.1 Å². The maximum absolute atomic E-state index is 11.0. The minimum absolute atomic E-state index is 0.0428. The van der Waals surface area contributed by atoms with E-state index in [0.717, 1.165) is 5.39 Å². The van der Waals surface area contributed by atoms with Crippen molar-refractivity contribution in [2.75, 3.05) is 0 Å².